The van der Waals surface area contributed by atoms with Crippen LogP contribution in [0.5, 0.6) is 0 Å². The minimum Gasteiger partial charge on any atom is -0.309 e. The molecule has 4 heteroatoms. The van der Waals surface area contributed by atoms with E-state index in [1.807, 2.05) is 11.3 Å². The second-order valence-electron chi connectivity index (χ2n) is 18.7. The van der Waals surface area contributed by atoms with E-state index in [0.29, 0.717) is 10.5 Å². The Morgan fingerprint density at radius 2 is 0.743 bits per heavy atom. The Morgan fingerprint density at radius 3 is 1.33 bits per heavy atom. The molecule has 13 aromatic rings. The van der Waals surface area contributed by atoms with Crippen molar-refractivity contribution < 1.29 is 0 Å². The molecule has 70 heavy (non-hydrogen) atoms. The largest absolute Gasteiger partial charge is 0.309 e. The van der Waals surface area contributed by atoms with Crippen LogP contribution in [0.2, 0.25) is 0 Å². The van der Waals surface area contributed by atoms with Crippen LogP contribution in [-0.2, 0) is 0 Å². The predicted molar refractivity (Wildman–Crippen MR) is 301 cm³/mol. The molecule has 2 nitrogen and oxygen atoms in total. The van der Waals surface area contributed by atoms with E-state index >= 15 is 0 Å². The molecule has 0 amide bonds. The number of thioether (sulfide) groups is 1. The summed E-state index contributed by atoms with van der Waals surface area (Å²) in [6, 6.07) is 89.8. The van der Waals surface area contributed by atoms with E-state index in [-0.39, 0.29) is 0 Å². The normalized spacial score (nSPS) is 15.0. The number of thiophene rings is 1. The van der Waals surface area contributed by atoms with Crippen molar-refractivity contribution in [3.05, 3.63) is 253 Å². The van der Waals surface area contributed by atoms with Crippen molar-refractivity contribution in [3.8, 4) is 55.2 Å². The fraction of sp³-hybridized carbons (Fsp3) is 0.0606. The topological polar surface area (TPSA) is 9.86 Å². The molecule has 0 saturated carbocycles. The molecule has 3 aromatic heterocycles. The lowest BCUT2D eigenvalue weighted by atomic mass is 9.96. The third-order valence-electron chi connectivity index (χ3n) is 14.6. The highest BCUT2D eigenvalue weighted by molar-refractivity contribution is 8.00. The molecule has 10 aromatic carbocycles. The molecule has 0 aliphatic carbocycles. The molecule has 4 heterocycles. The summed E-state index contributed by atoms with van der Waals surface area (Å²) < 4.78 is 4.75. The zero-order chi connectivity index (χ0) is 46.1. The summed E-state index contributed by atoms with van der Waals surface area (Å²) in [6.07, 6.45) is 2.40. The van der Waals surface area contributed by atoms with E-state index in [0.717, 1.165) is 0 Å². The van der Waals surface area contributed by atoms with Gasteiger partial charge in [0.1, 0.15) is 0 Å². The molecule has 14 rings (SSSR count). The molecule has 1 saturated heterocycles. The number of hydrogen-bond acceptors (Lipinski definition) is 2. The number of aromatic nitrogens is 2. The van der Waals surface area contributed by atoms with Crippen molar-refractivity contribution in [2.45, 2.75) is 23.3 Å². The maximum absolute atomic E-state index is 2.38. The maximum Gasteiger partial charge on any atom is 0.0541 e. The van der Waals surface area contributed by atoms with Gasteiger partial charge in [-0.05, 0) is 153 Å². The molecule has 2 atom stereocenters. The average Bonchev–Trinajstić information content (AvgIpc) is 4.25. The van der Waals surface area contributed by atoms with Gasteiger partial charge >= 0.3 is 0 Å². The van der Waals surface area contributed by atoms with Gasteiger partial charge in [-0.2, -0.15) is 0 Å². The fourth-order valence-electron chi connectivity index (χ4n) is 11.1. The fourth-order valence-corrected chi connectivity index (χ4v) is 13.9. The Balaban J connectivity index is 0.655. The van der Waals surface area contributed by atoms with Crippen molar-refractivity contribution in [2.75, 3.05) is 0 Å². The molecule has 0 spiro atoms. The smallest absolute Gasteiger partial charge is 0.0541 e. The van der Waals surface area contributed by atoms with Crippen LogP contribution < -0.4 is 0 Å². The molecule has 1 aliphatic rings. The lowest BCUT2D eigenvalue weighted by Gasteiger charge is -2.12. The van der Waals surface area contributed by atoms with Gasteiger partial charge in [0, 0.05) is 53.2 Å². The highest BCUT2D eigenvalue weighted by Gasteiger charge is 2.29. The highest BCUT2D eigenvalue weighted by Crippen LogP contribution is 2.54. The van der Waals surface area contributed by atoms with E-state index in [9.17, 15) is 0 Å². The minimum absolute atomic E-state index is 0.507. The van der Waals surface area contributed by atoms with Gasteiger partial charge in [-0.25, -0.2) is 0 Å². The maximum atomic E-state index is 2.38. The quantitative estimate of drug-likeness (QED) is 0.148. The first-order chi connectivity index (χ1) is 34.7. The van der Waals surface area contributed by atoms with E-state index < -0.39 is 0 Å². The van der Waals surface area contributed by atoms with Gasteiger partial charge in [0.15, 0.2) is 0 Å². The van der Waals surface area contributed by atoms with E-state index in [4.69, 9.17) is 0 Å². The van der Waals surface area contributed by atoms with Crippen molar-refractivity contribution in [1.29, 1.82) is 0 Å². The van der Waals surface area contributed by atoms with Gasteiger partial charge in [-0.3, -0.25) is 0 Å². The van der Waals surface area contributed by atoms with Gasteiger partial charge in [0.25, 0.3) is 0 Å². The van der Waals surface area contributed by atoms with Crippen LogP contribution in [0.15, 0.2) is 243 Å². The molecule has 2 unspecified atom stereocenters. The Hall–Kier alpha value is -7.89. The second kappa shape index (κ2) is 17.0. The number of hydrogen-bond donors (Lipinski definition) is 0. The molecule has 1 fully saturated rings. The Labute approximate surface area is 415 Å². The third-order valence-corrected chi connectivity index (χ3v) is 17.7. The lowest BCUT2D eigenvalue weighted by Crippen LogP contribution is -1.92. The number of rotatable bonds is 8. The predicted octanol–water partition coefficient (Wildman–Crippen LogP) is 19.1. The van der Waals surface area contributed by atoms with Crippen LogP contribution in [0.4, 0.5) is 0 Å². The van der Waals surface area contributed by atoms with Crippen molar-refractivity contribution in [1.82, 2.24) is 9.13 Å². The summed E-state index contributed by atoms with van der Waals surface area (Å²) >= 11 is 4.10. The second-order valence-corrected chi connectivity index (χ2v) is 21.2. The van der Waals surface area contributed by atoms with Crippen molar-refractivity contribution >= 4 is 77.5 Å². The molecular formula is C66H46N2S2. The summed E-state index contributed by atoms with van der Waals surface area (Å²) in [4.78, 5) is 2.83. The Kier molecular flexibility index (Phi) is 9.96. The number of para-hydroxylation sites is 4. The van der Waals surface area contributed by atoms with Crippen LogP contribution in [0, 0.1) is 0 Å². The number of benzene rings is 10. The number of fused-ring (bicyclic) bond motifs is 7. The molecule has 332 valence electrons. The van der Waals surface area contributed by atoms with Crippen LogP contribution in [0.1, 0.15) is 33.8 Å². The molecule has 0 radical (unpaired) electrons. The monoisotopic (exact) mass is 930 g/mol. The summed E-state index contributed by atoms with van der Waals surface area (Å²) in [5.41, 5.74) is 17.5. The average molecular weight is 931 g/mol. The SMILES string of the molecule is c1ccc(-n2c3ccccc3c3cc(-c4ccc(-c5ccc(C6CCC(c7ccc(-c8ccc9cc(-c%10ccc%11c(c%10)c%10ccccc%10n%11-c%10ccccc%10)ccc9c8)cc7)S6)s5)cc4)ccc32)cc1. The van der Waals surface area contributed by atoms with Crippen LogP contribution in [0.3, 0.4) is 0 Å². The summed E-state index contributed by atoms with van der Waals surface area (Å²) in [5, 5.41) is 8.65. The summed E-state index contributed by atoms with van der Waals surface area (Å²) in [5.74, 6) is 0. The third kappa shape index (κ3) is 7.09. The van der Waals surface area contributed by atoms with E-state index in [1.165, 1.54) is 133 Å². The van der Waals surface area contributed by atoms with Gasteiger partial charge in [-0.1, -0.05) is 158 Å². The highest BCUT2D eigenvalue weighted by atomic mass is 32.2. The molecule has 0 N–H and O–H groups in total. The zero-order valence-corrected chi connectivity index (χ0v) is 40.0. The summed E-state index contributed by atoms with van der Waals surface area (Å²) in [6.45, 7) is 0. The standard InChI is InChI=1S/C66H46N2S2/c1-3-11-53(12-4-1)67-59-17-9-7-15-55(59)57-41-51(31-33-61(57)67)44-21-25-46(26-22-44)64-36-38-66(70-64)65-37-35-63(69-65)45-23-19-43(20-24-45)47-27-28-49-40-50(30-29-48(49)39-47)52-32-34-62-58(42-52)56-16-8-10-18-60(56)68(62)54-13-5-2-6-14-54/h1-34,36,38-42,63,65H,35,37H2. The van der Waals surface area contributed by atoms with E-state index in [1.54, 1.807) is 0 Å². The lowest BCUT2D eigenvalue weighted by molar-refractivity contribution is 0.771. The van der Waals surface area contributed by atoms with Crippen LogP contribution >= 0.6 is 23.1 Å². The molecule has 0 bridgehead atoms. The first kappa shape index (κ1) is 41.1. The van der Waals surface area contributed by atoms with Gasteiger partial charge in [0.05, 0.1) is 22.1 Å². The van der Waals surface area contributed by atoms with Crippen molar-refractivity contribution in [2.24, 2.45) is 0 Å². The van der Waals surface area contributed by atoms with E-state index in [2.05, 4.69) is 264 Å². The Bertz CT molecular complexity index is 4080. The molecular weight excluding hydrogens is 885 g/mol. The summed E-state index contributed by atoms with van der Waals surface area (Å²) in [7, 11) is 0. The van der Waals surface area contributed by atoms with Gasteiger partial charge in [-0.15, -0.1) is 23.1 Å². The number of nitrogens with zero attached hydrogens (tertiary/aromatic N) is 2. The zero-order valence-electron chi connectivity index (χ0n) is 38.4. The van der Waals surface area contributed by atoms with Crippen molar-refractivity contribution in [3.63, 3.8) is 0 Å². The van der Waals surface area contributed by atoms with Crippen LogP contribution in [0.25, 0.3) is 110 Å². The first-order valence-corrected chi connectivity index (χ1v) is 26.1. The van der Waals surface area contributed by atoms with Crippen LogP contribution in [-0.4, -0.2) is 9.13 Å². The first-order valence-electron chi connectivity index (χ1n) is 24.3. The van der Waals surface area contributed by atoms with Gasteiger partial charge < -0.3 is 9.13 Å². The van der Waals surface area contributed by atoms with Gasteiger partial charge in [0.2, 0.25) is 0 Å². The Morgan fingerprint density at radius 1 is 0.314 bits per heavy atom. The minimum atomic E-state index is 0.507. The molecule has 1 aliphatic heterocycles.